The molecule has 0 aromatic rings. The molecule has 4 nitrogen and oxygen atoms in total. The maximum Gasteiger partial charge on any atom is 0.0587 e. The van der Waals surface area contributed by atoms with Gasteiger partial charge in [-0.05, 0) is 0 Å². The molecule has 0 aromatic carbocycles. The number of nitrogens with two attached hydrogens (primary N) is 1. The van der Waals surface area contributed by atoms with E-state index in [0.29, 0.717) is 0 Å². The molecule has 0 aliphatic rings. The molecular formula is C2H5N3O. The Labute approximate surface area is 35.5 Å². The maximum atomic E-state index is 8.33. The first-order valence-corrected chi connectivity index (χ1v) is 1.16. The van der Waals surface area contributed by atoms with Crippen molar-refractivity contribution in [1.82, 2.24) is 0 Å². The van der Waals surface area contributed by atoms with Crippen molar-refractivity contribution in [3.05, 3.63) is 4.91 Å². The topological polar surface area (TPSA) is 79.2 Å². The van der Waals surface area contributed by atoms with E-state index in [9.17, 15) is 0 Å². The van der Waals surface area contributed by atoms with Crippen molar-refractivity contribution in [1.29, 1.82) is 5.26 Å². The van der Waals surface area contributed by atoms with Crippen molar-refractivity contribution in [2.24, 2.45) is 11.1 Å². The normalized spacial score (nSPS) is 3.33. The van der Waals surface area contributed by atoms with E-state index in [0.717, 1.165) is 0 Å². The molecule has 0 atom stereocenters. The van der Waals surface area contributed by atoms with Crippen LogP contribution >= 0.6 is 0 Å². The van der Waals surface area contributed by atoms with Crippen molar-refractivity contribution in [3.8, 4) is 6.07 Å². The van der Waals surface area contributed by atoms with Crippen LogP contribution in [0.1, 0.15) is 6.92 Å². The third-order valence-corrected chi connectivity index (χ3v) is 0. The highest BCUT2D eigenvalue weighted by atomic mass is 16.3. The molecule has 0 amide bonds. The van der Waals surface area contributed by atoms with Crippen LogP contribution in [0.2, 0.25) is 0 Å². The molecule has 34 valence electrons. The number of nitroso groups, excluding NO2 is 1. The second kappa shape index (κ2) is 41.0. The summed E-state index contributed by atoms with van der Waals surface area (Å²) in [5.74, 6) is 3.92. The minimum absolute atomic E-state index is 1.43. The summed E-state index contributed by atoms with van der Waals surface area (Å²) in [6.07, 6.45) is 0. The highest BCUT2D eigenvalue weighted by Gasteiger charge is 1.17. The summed E-state index contributed by atoms with van der Waals surface area (Å²) in [4.78, 5) is 8.33. The Hall–Kier alpha value is -1.11. The lowest BCUT2D eigenvalue weighted by Gasteiger charge is -1.33. The molecular weight excluding hydrogens is 82.0 g/mol. The van der Waals surface area contributed by atoms with Crippen molar-refractivity contribution < 1.29 is 0 Å². The smallest absolute Gasteiger partial charge is 0.0587 e. The van der Waals surface area contributed by atoms with Crippen molar-refractivity contribution in [2.75, 3.05) is 0 Å². The van der Waals surface area contributed by atoms with Gasteiger partial charge in [0.15, 0.2) is 0 Å². The third-order valence-electron chi connectivity index (χ3n) is 0. The van der Waals surface area contributed by atoms with Crippen LogP contribution in [-0.4, -0.2) is 0 Å². The Kier molecular flexibility index (Phi) is 60.6. The summed E-state index contributed by atoms with van der Waals surface area (Å²) in [6.45, 7) is 1.43. The zero-order chi connectivity index (χ0) is 5.41. The molecule has 0 spiro atoms. The Morgan fingerprint density at radius 3 is 2.00 bits per heavy atom. The van der Waals surface area contributed by atoms with Crippen LogP contribution < -0.4 is 5.84 Å². The van der Waals surface area contributed by atoms with Gasteiger partial charge in [0.25, 0.3) is 0 Å². The first-order valence-electron chi connectivity index (χ1n) is 1.16. The molecule has 0 fully saturated rings. The predicted octanol–water partition coefficient (Wildman–Crippen LogP) is 0.156. The maximum absolute atomic E-state index is 8.33. The third kappa shape index (κ3) is 8.38. The lowest BCUT2D eigenvalue weighted by atomic mass is 11.0. The molecule has 0 aliphatic heterocycles. The summed E-state index contributed by atoms with van der Waals surface area (Å²) >= 11 is 0. The molecule has 0 bridgehead atoms. The van der Waals surface area contributed by atoms with Gasteiger partial charge in [0.1, 0.15) is 0 Å². The number of hydrogen-bond acceptors (Lipinski definition) is 3. The van der Waals surface area contributed by atoms with Gasteiger partial charge in [-0.1, -0.05) is 0 Å². The first kappa shape index (κ1) is 8.86. The van der Waals surface area contributed by atoms with Gasteiger partial charge in [-0.25, -0.2) is 0 Å². The summed E-state index contributed by atoms with van der Waals surface area (Å²) < 4.78 is 0. The highest BCUT2D eigenvalue weighted by Crippen LogP contribution is 1.21. The summed E-state index contributed by atoms with van der Waals surface area (Å²) in [7, 11) is 0. The molecule has 2 N–H and O–H groups in total. The Bertz CT molecular complexity index is 54.3. The van der Waals surface area contributed by atoms with E-state index in [1.54, 1.807) is 11.4 Å². The summed E-state index contributed by atoms with van der Waals surface area (Å²) in [5, 5.41) is 9.07. The SMILES string of the molecule is CC#N.NN=O. The van der Waals surface area contributed by atoms with Gasteiger partial charge < -0.3 is 0 Å². The molecule has 0 unspecified atom stereocenters. The molecule has 0 saturated heterocycles. The number of nitrogens with zero attached hydrogens (tertiary/aromatic N) is 2. The van der Waals surface area contributed by atoms with Crippen molar-refractivity contribution in [3.63, 3.8) is 0 Å². The zero-order valence-corrected chi connectivity index (χ0v) is 3.38. The number of nitriles is 1. The lowest BCUT2D eigenvalue weighted by Crippen LogP contribution is -1.66. The molecule has 0 aliphatic carbocycles. The van der Waals surface area contributed by atoms with Crippen LogP contribution in [0.4, 0.5) is 0 Å². The van der Waals surface area contributed by atoms with E-state index < -0.39 is 0 Å². The van der Waals surface area contributed by atoms with Crippen molar-refractivity contribution >= 4 is 0 Å². The van der Waals surface area contributed by atoms with E-state index in [1.165, 1.54) is 6.92 Å². The van der Waals surface area contributed by atoms with Crippen molar-refractivity contribution in [2.45, 2.75) is 6.92 Å². The predicted molar refractivity (Wildman–Crippen MR) is 21.3 cm³/mol. The van der Waals surface area contributed by atoms with E-state index in [4.69, 9.17) is 10.2 Å². The largest absolute Gasteiger partial charge is 0.287 e. The van der Waals surface area contributed by atoms with Gasteiger partial charge in [0.2, 0.25) is 0 Å². The molecule has 4 heteroatoms. The monoisotopic (exact) mass is 87.0 g/mol. The zero-order valence-electron chi connectivity index (χ0n) is 3.38. The molecule has 0 aromatic heterocycles. The van der Waals surface area contributed by atoms with E-state index in [2.05, 4.69) is 5.84 Å². The second-order valence-electron chi connectivity index (χ2n) is 0.329. The van der Waals surface area contributed by atoms with Crippen LogP contribution in [0.5, 0.6) is 0 Å². The molecule has 0 heterocycles. The Balaban J connectivity index is 0. The minimum atomic E-state index is 1.43. The van der Waals surface area contributed by atoms with Crippen LogP contribution in [0, 0.1) is 16.2 Å². The lowest BCUT2D eigenvalue weighted by molar-refractivity contribution is 1.23. The van der Waals surface area contributed by atoms with E-state index >= 15 is 0 Å². The van der Waals surface area contributed by atoms with Gasteiger partial charge >= 0.3 is 0 Å². The number of rotatable bonds is 0. The molecule has 0 rings (SSSR count). The quantitative estimate of drug-likeness (QED) is 0.259. The van der Waals surface area contributed by atoms with Gasteiger partial charge in [0, 0.05) is 12.2 Å². The van der Waals surface area contributed by atoms with Gasteiger partial charge in [0.05, 0.1) is 6.07 Å². The van der Waals surface area contributed by atoms with Gasteiger partial charge in [-0.3, -0.25) is 5.84 Å². The van der Waals surface area contributed by atoms with Gasteiger partial charge in [-0.2, -0.15) is 5.26 Å². The Morgan fingerprint density at radius 1 is 2.00 bits per heavy atom. The fourth-order valence-electron chi connectivity index (χ4n) is 0. The molecule has 0 saturated carbocycles. The van der Waals surface area contributed by atoms with E-state index in [-0.39, 0.29) is 0 Å². The summed E-state index contributed by atoms with van der Waals surface area (Å²) in [5.41, 5.74) is 0. The van der Waals surface area contributed by atoms with E-state index in [1.807, 2.05) is 0 Å². The summed E-state index contributed by atoms with van der Waals surface area (Å²) in [6, 6.07) is 1.75. The highest BCUT2D eigenvalue weighted by molar-refractivity contribution is 4.51. The average molecular weight is 87.1 g/mol. The fourth-order valence-corrected chi connectivity index (χ4v) is 0. The van der Waals surface area contributed by atoms with Crippen LogP contribution in [0.25, 0.3) is 0 Å². The van der Waals surface area contributed by atoms with Crippen LogP contribution in [0.15, 0.2) is 5.29 Å². The first-order chi connectivity index (χ1) is 2.83. The molecule has 6 heavy (non-hydrogen) atoms. The fraction of sp³-hybridized carbons (Fsp3) is 0.500. The number of hydrogen-bond donors (Lipinski definition) is 1. The second-order valence-corrected chi connectivity index (χ2v) is 0.329. The standard InChI is InChI=1S/C2H3N.H2N2O/c2*1-2-3/h1H3;(H2,1,3). The van der Waals surface area contributed by atoms with Gasteiger partial charge in [-0.15, -0.1) is 4.91 Å². The Morgan fingerprint density at radius 2 is 2.00 bits per heavy atom. The molecule has 0 radical (unpaired) electrons. The average Bonchev–Trinajstić information content (AvgIpc) is 1.39. The minimum Gasteiger partial charge on any atom is -0.287 e. The van der Waals surface area contributed by atoms with Crippen LogP contribution in [-0.2, 0) is 0 Å². The van der Waals surface area contributed by atoms with Crippen LogP contribution in [0.3, 0.4) is 0 Å².